The molecule has 2 aliphatic rings. The van der Waals surface area contributed by atoms with Crippen molar-refractivity contribution in [2.75, 3.05) is 11.3 Å². The lowest BCUT2D eigenvalue weighted by molar-refractivity contribution is 0.0509. The summed E-state index contributed by atoms with van der Waals surface area (Å²) in [6, 6.07) is 11.9. The van der Waals surface area contributed by atoms with Crippen molar-refractivity contribution in [3.63, 3.8) is 0 Å². The van der Waals surface area contributed by atoms with Gasteiger partial charge in [0.05, 0.1) is 17.2 Å². The predicted octanol–water partition coefficient (Wildman–Crippen LogP) is 5.24. The van der Waals surface area contributed by atoms with Crippen LogP contribution in [0.2, 0.25) is 5.02 Å². The maximum Gasteiger partial charge on any atom is 0.338 e. The minimum atomic E-state index is -4.30. The normalized spacial score (nSPS) is 17.3. The maximum atomic E-state index is 14.0. The first kappa shape index (κ1) is 21.7. The number of fused-ring (bicyclic) bond motifs is 6. The van der Waals surface area contributed by atoms with Crippen LogP contribution in [0.25, 0.3) is 11.1 Å². The van der Waals surface area contributed by atoms with Crippen LogP contribution in [0, 0.1) is 5.82 Å². The first-order valence-electron chi connectivity index (χ1n) is 10.4. The van der Waals surface area contributed by atoms with Crippen LogP contribution >= 0.6 is 11.6 Å². The van der Waals surface area contributed by atoms with Gasteiger partial charge in [-0.25, -0.2) is 17.6 Å². The number of ether oxygens (including phenoxy) is 1. The second kappa shape index (κ2) is 8.04. The van der Waals surface area contributed by atoms with Crippen LogP contribution in [0.5, 0.6) is 5.75 Å². The highest BCUT2D eigenvalue weighted by molar-refractivity contribution is 7.92. The Morgan fingerprint density at radius 2 is 1.85 bits per heavy atom. The Morgan fingerprint density at radius 1 is 1.06 bits per heavy atom. The van der Waals surface area contributed by atoms with E-state index in [2.05, 4.69) is 4.72 Å². The van der Waals surface area contributed by atoms with Gasteiger partial charge >= 0.3 is 5.97 Å². The topological polar surface area (TPSA) is 92.7 Å². The molecule has 5 rings (SSSR count). The van der Waals surface area contributed by atoms with Crippen LogP contribution in [0.1, 0.15) is 40.2 Å². The van der Waals surface area contributed by atoms with Crippen molar-refractivity contribution >= 4 is 33.3 Å². The number of sulfonamides is 1. The van der Waals surface area contributed by atoms with E-state index in [1.54, 1.807) is 18.2 Å². The van der Waals surface area contributed by atoms with Crippen molar-refractivity contribution in [3.8, 4) is 16.9 Å². The van der Waals surface area contributed by atoms with Gasteiger partial charge in [0.15, 0.2) is 5.75 Å². The van der Waals surface area contributed by atoms with Crippen LogP contribution in [0.4, 0.5) is 10.1 Å². The van der Waals surface area contributed by atoms with Crippen molar-refractivity contribution < 1.29 is 27.4 Å². The number of benzene rings is 3. The number of rotatable bonds is 1. The van der Waals surface area contributed by atoms with Crippen molar-refractivity contribution in [1.29, 1.82) is 0 Å². The van der Waals surface area contributed by atoms with E-state index in [-0.39, 0.29) is 23.6 Å². The van der Waals surface area contributed by atoms with Gasteiger partial charge in [0, 0.05) is 12.1 Å². The largest absolute Gasteiger partial charge is 0.505 e. The Bertz CT molecular complexity index is 1400. The summed E-state index contributed by atoms with van der Waals surface area (Å²) >= 11 is 6.01. The molecule has 9 heteroatoms. The summed E-state index contributed by atoms with van der Waals surface area (Å²) in [4.78, 5) is 12.0. The van der Waals surface area contributed by atoms with Crippen LogP contribution in [-0.4, -0.2) is 26.1 Å². The van der Waals surface area contributed by atoms with E-state index < -0.39 is 32.5 Å². The molecule has 1 aliphatic carbocycles. The molecule has 0 atom stereocenters. The molecule has 0 radical (unpaired) electrons. The Labute approximate surface area is 195 Å². The number of carbonyl (C=O) groups excluding carboxylic acids is 1. The lowest BCUT2D eigenvalue weighted by Crippen LogP contribution is -2.16. The molecular formula is C24H19ClFNO5S. The minimum absolute atomic E-state index is 0.0523. The van der Waals surface area contributed by atoms with E-state index in [0.29, 0.717) is 22.7 Å². The number of nitrogens with one attached hydrogen (secondary N) is 1. The number of aromatic hydroxyl groups is 1. The number of esters is 1. The van der Waals surface area contributed by atoms with E-state index in [1.165, 1.54) is 12.1 Å². The summed E-state index contributed by atoms with van der Waals surface area (Å²) in [6.07, 6.45) is 2.26. The average molecular weight is 488 g/mol. The van der Waals surface area contributed by atoms with Gasteiger partial charge in [-0.3, -0.25) is 4.72 Å². The van der Waals surface area contributed by atoms with Crippen LogP contribution < -0.4 is 4.72 Å². The number of anilines is 1. The van der Waals surface area contributed by atoms with Crippen molar-refractivity contribution in [1.82, 2.24) is 0 Å². The molecule has 0 amide bonds. The molecule has 4 bridgehead atoms. The molecule has 0 aromatic heterocycles. The van der Waals surface area contributed by atoms with E-state index in [4.69, 9.17) is 16.3 Å². The molecular weight excluding hydrogens is 469 g/mol. The van der Waals surface area contributed by atoms with Gasteiger partial charge in [0.2, 0.25) is 0 Å². The molecule has 1 aliphatic heterocycles. The molecule has 33 heavy (non-hydrogen) atoms. The Morgan fingerprint density at radius 3 is 2.61 bits per heavy atom. The fourth-order valence-corrected chi connectivity index (χ4v) is 5.47. The molecule has 6 nitrogen and oxygen atoms in total. The Balaban J connectivity index is 1.72. The summed E-state index contributed by atoms with van der Waals surface area (Å²) in [5.41, 5.74) is 3.21. The third-order valence-corrected chi connectivity index (χ3v) is 7.48. The zero-order valence-corrected chi connectivity index (χ0v) is 18.8. The lowest BCUT2D eigenvalue weighted by Gasteiger charge is -2.17. The third kappa shape index (κ3) is 4.28. The van der Waals surface area contributed by atoms with Crippen molar-refractivity contribution in [3.05, 3.63) is 76.1 Å². The minimum Gasteiger partial charge on any atom is -0.505 e. The molecule has 170 valence electrons. The van der Waals surface area contributed by atoms with Crippen LogP contribution in [0.15, 0.2) is 53.4 Å². The van der Waals surface area contributed by atoms with Gasteiger partial charge in [-0.2, -0.15) is 0 Å². The van der Waals surface area contributed by atoms with Gasteiger partial charge in [-0.15, -0.1) is 0 Å². The number of cyclic esters (lactones) is 1. The van der Waals surface area contributed by atoms with Crippen LogP contribution in [-0.2, 0) is 21.2 Å². The highest BCUT2D eigenvalue weighted by Gasteiger charge is 2.28. The van der Waals surface area contributed by atoms with Gasteiger partial charge in [0.25, 0.3) is 10.0 Å². The van der Waals surface area contributed by atoms with Gasteiger partial charge in [-0.1, -0.05) is 23.7 Å². The maximum absolute atomic E-state index is 14.0. The fraction of sp³-hybridized carbons (Fsp3) is 0.208. The molecule has 0 unspecified atom stereocenters. The first-order chi connectivity index (χ1) is 15.7. The average Bonchev–Trinajstić information content (AvgIpc) is 3.60. The third-order valence-electron chi connectivity index (χ3n) is 5.79. The van der Waals surface area contributed by atoms with Gasteiger partial charge in [-0.05, 0) is 77.4 Å². The van der Waals surface area contributed by atoms with Crippen LogP contribution in [0.3, 0.4) is 0 Å². The monoisotopic (exact) mass is 487 g/mol. The summed E-state index contributed by atoms with van der Waals surface area (Å²) < 4.78 is 48.2. The molecule has 0 spiro atoms. The Kier molecular flexibility index (Phi) is 5.29. The summed E-state index contributed by atoms with van der Waals surface area (Å²) in [5, 5.41) is 10.0. The molecule has 3 aromatic rings. The number of phenols is 1. The number of halogens is 2. The van der Waals surface area contributed by atoms with E-state index in [0.717, 1.165) is 36.1 Å². The molecule has 1 heterocycles. The van der Waals surface area contributed by atoms with E-state index in [9.17, 15) is 22.7 Å². The highest BCUT2D eigenvalue weighted by Crippen LogP contribution is 2.43. The lowest BCUT2D eigenvalue weighted by atomic mass is 9.95. The first-order valence-corrected chi connectivity index (χ1v) is 12.2. The predicted molar refractivity (Wildman–Crippen MR) is 122 cm³/mol. The van der Waals surface area contributed by atoms with Gasteiger partial charge < -0.3 is 9.84 Å². The highest BCUT2D eigenvalue weighted by atomic mass is 35.5. The van der Waals surface area contributed by atoms with Gasteiger partial charge in [0.1, 0.15) is 10.7 Å². The molecule has 0 saturated heterocycles. The standard InChI is InChI=1S/C24H19ClFNO5S/c25-21-11-17-12-22(23(21)28)33(30,31)27-19-9-15(13-1-2-13)7-16(10-19)20-4-3-18(26)8-14(20)5-6-32-24(17)29/h3-4,7-13,27-28H,1-2,5-6H2. The molecule has 1 saturated carbocycles. The number of carbonyl (C=O) groups is 1. The number of hydrogen-bond acceptors (Lipinski definition) is 5. The fourth-order valence-electron chi connectivity index (χ4n) is 4.01. The molecule has 2 N–H and O–H groups in total. The summed E-state index contributed by atoms with van der Waals surface area (Å²) in [7, 11) is -4.30. The van der Waals surface area contributed by atoms with E-state index in [1.807, 2.05) is 6.07 Å². The second-order valence-corrected chi connectivity index (χ2v) is 10.3. The molecule has 1 fully saturated rings. The van der Waals surface area contributed by atoms with Crippen molar-refractivity contribution in [2.24, 2.45) is 0 Å². The van der Waals surface area contributed by atoms with Crippen molar-refractivity contribution in [2.45, 2.75) is 30.1 Å². The zero-order valence-electron chi connectivity index (χ0n) is 17.3. The summed E-state index contributed by atoms with van der Waals surface area (Å²) in [5.74, 6) is -1.57. The molecule has 3 aromatic carbocycles. The Hall–Kier alpha value is -3.10. The zero-order chi connectivity index (χ0) is 23.3. The number of hydrogen-bond donors (Lipinski definition) is 2. The smallest absolute Gasteiger partial charge is 0.338 e. The number of phenolic OH excluding ortho intramolecular Hbond substituents is 1. The van der Waals surface area contributed by atoms with E-state index >= 15 is 0 Å². The summed E-state index contributed by atoms with van der Waals surface area (Å²) in [6.45, 7) is -0.0523. The second-order valence-electron chi connectivity index (χ2n) is 8.22. The quantitative estimate of drug-likeness (QED) is 0.458. The SMILES string of the molecule is O=C1OCCc2cc(F)ccc2-c2cc(cc(C3CC3)c2)NS(=O)(=O)c2cc1cc(Cl)c2O.